The molecule has 1 aliphatic heterocycles. The molecule has 3 nitrogen and oxygen atoms in total. The first kappa shape index (κ1) is 23.1. The fourth-order valence-electron chi connectivity index (χ4n) is 4.75. The molecule has 0 saturated heterocycles. The van der Waals surface area contributed by atoms with Gasteiger partial charge in [0.25, 0.3) is 0 Å². The van der Waals surface area contributed by atoms with Crippen LogP contribution in [0.4, 0.5) is 0 Å². The number of hydrogen-bond acceptors (Lipinski definition) is 3. The SMILES string of the molecule is Cc1nnc2n1-c1sc(CCc3ccc(CC(C)C)cc3)cc1C(c1ccccc1Cl)=CC2C. The number of aromatic nitrogens is 3. The second kappa shape index (κ2) is 9.52. The Morgan fingerprint density at radius 2 is 1.71 bits per heavy atom. The highest BCUT2D eigenvalue weighted by molar-refractivity contribution is 7.14. The fraction of sp³-hybridized carbons (Fsp3) is 0.310. The molecule has 4 aromatic rings. The summed E-state index contributed by atoms with van der Waals surface area (Å²) in [6, 6.07) is 19.6. The first-order chi connectivity index (χ1) is 16.4. The van der Waals surface area contributed by atoms with E-state index >= 15 is 0 Å². The molecule has 0 amide bonds. The predicted molar refractivity (Wildman–Crippen MR) is 143 cm³/mol. The monoisotopic (exact) mass is 487 g/mol. The molecule has 1 atom stereocenters. The quantitative estimate of drug-likeness (QED) is 0.277. The molecule has 1 aliphatic rings. The molecule has 0 N–H and O–H groups in total. The largest absolute Gasteiger partial charge is 0.273 e. The number of rotatable bonds is 6. The Morgan fingerprint density at radius 1 is 0.971 bits per heavy atom. The second-order valence-corrected chi connectivity index (χ2v) is 11.2. The highest BCUT2D eigenvalue weighted by Crippen LogP contribution is 2.42. The molecule has 2 aromatic heterocycles. The van der Waals surface area contributed by atoms with Crippen molar-refractivity contribution >= 4 is 28.5 Å². The molecule has 0 radical (unpaired) electrons. The summed E-state index contributed by atoms with van der Waals surface area (Å²) in [6.45, 7) is 8.75. The smallest absolute Gasteiger partial charge is 0.144 e. The lowest BCUT2D eigenvalue weighted by Crippen LogP contribution is -2.02. The van der Waals surface area contributed by atoms with Gasteiger partial charge < -0.3 is 0 Å². The molecule has 2 aromatic carbocycles. The molecule has 0 bridgehead atoms. The maximum absolute atomic E-state index is 6.66. The van der Waals surface area contributed by atoms with E-state index in [1.165, 1.54) is 32.1 Å². The van der Waals surface area contributed by atoms with E-state index in [-0.39, 0.29) is 5.92 Å². The lowest BCUT2D eigenvalue weighted by atomic mass is 9.95. The summed E-state index contributed by atoms with van der Waals surface area (Å²) in [5, 5.41) is 10.9. The first-order valence-electron chi connectivity index (χ1n) is 12.0. The van der Waals surface area contributed by atoms with E-state index in [4.69, 9.17) is 11.6 Å². The summed E-state index contributed by atoms with van der Waals surface area (Å²) in [5.41, 5.74) is 6.26. The third-order valence-corrected chi connectivity index (χ3v) is 7.93. The second-order valence-electron chi connectivity index (χ2n) is 9.64. The Labute approximate surface area is 211 Å². The normalized spacial score (nSPS) is 15.1. The first-order valence-corrected chi connectivity index (χ1v) is 13.2. The van der Waals surface area contributed by atoms with Gasteiger partial charge in [0.1, 0.15) is 16.6 Å². The zero-order chi connectivity index (χ0) is 23.8. The molecular formula is C29H30ClN3S. The predicted octanol–water partition coefficient (Wildman–Crippen LogP) is 7.82. The number of aryl methyl sites for hydroxylation is 3. The molecule has 5 heteroatoms. The molecular weight excluding hydrogens is 458 g/mol. The summed E-state index contributed by atoms with van der Waals surface area (Å²) >= 11 is 8.51. The topological polar surface area (TPSA) is 30.7 Å². The third kappa shape index (κ3) is 4.49. The van der Waals surface area contributed by atoms with E-state index in [1.54, 1.807) is 0 Å². The van der Waals surface area contributed by atoms with Gasteiger partial charge in [0.2, 0.25) is 0 Å². The summed E-state index contributed by atoms with van der Waals surface area (Å²) in [7, 11) is 0. The summed E-state index contributed by atoms with van der Waals surface area (Å²) in [6.07, 6.45) is 5.45. The Balaban J connectivity index is 1.50. The maximum atomic E-state index is 6.66. The van der Waals surface area contributed by atoms with Crippen LogP contribution in [0.25, 0.3) is 10.6 Å². The van der Waals surface area contributed by atoms with Crippen LogP contribution in [0.2, 0.25) is 5.02 Å². The standard InChI is InChI=1S/C29H30ClN3S/c1-18(2)15-22-11-9-21(10-12-22)13-14-23-17-26-25(24-7-5-6-8-27(24)30)16-19(3)28-32-31-20(4)33(28)29(26)34-23/h5-12,16-19H,13-15H2,1-4H3. The molecule has 174 valence electrons. The molecule has 3 heterocycles. The number of halogens is 1. The van der Waals surface area contributed by atoms with Gasteiger partial charge in [-0.3, -0.25) is 4.57 Å². The number of hydrogen-bond donors (Lipinski definition) is 0. The molecule has 0 fully saturated rings. The fourth-order valence-corrected chi connectivity index (χ4v) is 6.21. The van der Waals surface area contributed by atoms with Crippen molar-refractivity contribution < 1.29 is 0 Å². The van der Waals surface area contributed by atoms with Gasteiger partial charge in [0.15, 0.2) is 0 Å². The zero-order valence-electron chi connectivity index (χ0n) is 20.2. The van der Waals surface area contributed by atoms with Crippen LogP contribution in [0.1, 0.15) is 65.5 Å². The van der Waals surface area contributed by atoms with Crippen LogP contribution in [0.15, 0.2) is 60.7 Å². The van der Waals surface area contributed by atoms with Crippen LogP contribution in [-0.2, 0) is 19.3 Å². The van der Waals surface area contributed by atoms with Crippen molar-refractivity contribution in [1.29, 1.82) is 0 Å². The number of allylic oxidation sites excluding steroid dienone is 1. The van der Waals surface area contributed by atoms with Gasteiger partial charge in [-0.2, -0.15) is 0 Å². The Hall–Kier alpha value is -2.69. The van der Waals surface area contributed by atoms with Crippen molar-refractivity contribution in [2.24, 2.45) is 5.92 Å². The molecule has 34 heavy (non-hydrogen) atoms. The minimum absolute atomic E-state index is 0.139. The van der Waals surface area contributed by atoms with Crippen molar-refractivity contribution in [3.05, 3.63) is 104 Å². The number of thiophene rings is 1. The molecule has 0 spiro atoms. The average Bonchev–Trinajstić information content (AvgIpc) is 3.37. The minimum atomic E-state index is 0.139. The molecule has 1 unspecified atom stereocenters. The van der Waals surface area contributed by atoms with Crippen LogP contribution >= 0.6 is 22.9 Å². The van der Waals surface area contributed by atoms with Crippen molar-refractivity contribution in [3.8, 4) is 5.00 Å². The van der Waals surface area contributed by atoms with Gasteiger partial charge in [-0.15, -0.1) is 21.5 Å². The summed E-state index contributed by atoms with van der Waals surface area (Å²) in [4.78, 5) is 1.36. The Bertz CT molecular complexity index is 1340. The van der Waals surface area contributed by atoms with Crippen LogP contribution in [0.3, 0.4) is 0 Å². The molecule has 0 aliphatic carbocycles. The van der Waals surface area contributed by atoms with E-state index in [9.17, 15) is 0 Å². The van der Waals surface area contributed by atoms with Gasteiger partial charge in [-0.05, 0) is 60.9 Å². The van der Waals surface area contributed by atoms with E-state index in [2.05, 4.69) is 84.1 Å². The minimum Gasteiger partial charge on any atom is -0.273 e. The van der Waals surface area contributed by atoms with Gasteiger partial charge in [-0.25, -0.2) is 0 Å². The average molecular weight is 488 g/mol. The number of nitrogens with zero attached hydrogens (tertiary/aromatic N) is 3. The van der Waals surface area contributed by atoms with E-state index in [0.717, 1.165) is 41.5 Å². The number of fused-ring (bicyclic) bond motifs is 3. The van der Waals surface area contributed by atoms with Gasteiger partial charge in [0.05, 0.1) is 0 Å². The lowest BCUT2D eigenvalue weighted by Gasteiger charge is -2.10. The summed E-state index contributed by atoms with van der Waals surface area (Å²) in [5.74, 6) is 2.72. The van der Waals surface area contributed by atoms with Gasteiger partial charge in [0, 0.05) is 26.9 Å². The third-order valence-electron chi connectivity index (χ3n) is 6.42. The number of benzene rings is 2. The van der Waals surface area contributed by atoms with E-state index in [0.29, 0.717) is 5.92 Å². The van der Waals surface area contributed by atoms with Crippen molar-refractivity contribution in [2.75, 3.05) is 0 Å². The molecule has 5 rings (SSSR count). The van der Waals surface area contributed by atoms with E-state index in [1.807, 2.05) is 30.4 Å². The van der Waals surface area contributed by atoms with Crippen molar-refractivity contribution in [3.63, 3.8) is 0 Å². The lowest BCUT2D eigenvalue weighted by molar-refractivity contribution is 0.647. The van der Waals surface area contributed by atoms with Crippen LogP contribution in [-0.4, -0.2) is 14.8 Å². The summed E-state index contributed by atoms with van der Waals surface area (Å²) < 4.78 is 2.23. The van der Waals surface area contributed by atoms with Crippen LogP contribution < -0.4 is 0 Å². The Kier molecular flexibility index (Phi) is 6.46. The maximum Gasteiger partial charge on any atom is 0.144 e. The van der Waals surface area contributed by atoms with Crippen molar-refractivity contribution in [1.82, 2.24) is 14.8 Å². The van der Waals surface area contributed by atoms with Crippen LogP contribution in [0, 0.1) is 12.8 Å². The highest BCUT2D eigenvalue weighted by Gasteiger charge is 2.27. The highest BCUT2D eigenvalue weighted by atomic mass is 35.5. The molecule has 0 saturated carbocycles. The van der Waals surface area contributed by atoms with Gasteiger partial charge >= 0.3 is 0 Å². The Morgan fingerprint density at radius 3 is 2.44 bits per heavy atom. The zero-order valence-corrected chi connectivity index (χ0v) is 21.7. The van der Waals surface area contributed by atoms with Crippen LogP contribution in [0.5, 0.6) is 0 Å². The van der Waals surface area contributed by atoms with Gasteiger partial charge in [-0.1, -0.05) is 80.9 Å². The van der Waals surface area contributed by atoms with Crippen molar-refractivity contribution in [2.45, 2.75) is 52.9 Å². The van der Waals surface area contributed by atoms with E-state index < -0.39 is 0 Å².